The maximum Gasteiger partial charge on any atom is 0.139 e. The number of aromatic nitrogens is 2. The molecule has 0 aliphatic carbocycles. The summed E-state index contributed by atoms with van der Waals surface area (Å²) < 4.78 is 9.97. The lowest BCUT2D eigenvalue weighted by Crippen LogP contribution is -2.22. The van der Waals surface area contributed by atoms with Crippen LogP contribution in [0.15, 0.2) is 0 Å². The number of nitrogens with zero attached hydrogens (tertiary/aromatic N) is 2. The zero-order valence-corrected chi connectivity index (χ0v) is 9.58. The van der Waals surface area contributed by atoms with Gasteiger partial charge >= 0.3 is 0 Å². The van der Waals surface area contributed by atoms with Gasteiger partial charge in [0.15, 0.2) is 0 Å². The van der Waals surface area contributed by atoms with Gasteiger partial charge in [0.05, 0.1) is 12.2 Å². The van der Waals surface area contributed by atoms with Crippen molar-refractivity contribution in [2.45, 2.75) is 39.4 Å². The summed E-state index contributed by atoms with van der Waals surface area (Å²) in [6, 6.07) is 0. The highest BCUT2D eigenvalue weighted by molar-refractivity contribution is 7.10. The summed E-state index contributed by atoms with van der Waals surface area (Å²) >= 11 is 7.01. The molecule has 1 heterocycles. The van der Waals surface area contributed by atoms with E-state index in [1.165, 1.54) is 11.5 Å². The summed E-state index contributed by atoms with van der Waals surface area (Å²) in [5.41, 5.74) is 0.612. The van der Waals surface area contributed by atoms with Gasteiger partial charge in [-0.05, 0) is 20.3 Å². The number of halogens is 1. The molecule has 0 aliphatic heterocycles. The Kier molecular flexibility index (Phi) is 3.64. The number of hydrogen-bond donors (Lipinski definition) is 0. The summed E-state index contributed by atoms with van der Waals surface area (Å²) in [5.74, 6) is 0. The quantitative estimate of drug-likeness (QED) is 0.783. The van der Waals surface area contributed by atoms with Gasteiger partial charge in [0.1, 0.15) is 10.0 Å². The topological polar surface area (TPSA) is 35.0 Å². The fourth-order valence-electron chi connectivity index (χ4n) is 0.649. The minimum absolute atomic E-state index is 0.118. The fraction of sp³-hybridized carbons (Fsp3) is 0.750. The molecule has 0 saturated heterocycles. The fourth-order valence-corrected chi connectivity index (χ4v) is 1.25. The van der Waals surface area contributed by atoms with Crippen LogP contribution >= 0.6 is 23.1 Å². The van der Waals surface area contributed by atoms with Crippen LogP contribution in [-0.4, -0.2) is 15.2 Å². The van der Waals surface area contributed by atoms with E-state index in [-0.39, 0.29) is 5.60 Å². The standard InChI is InChI=1S/C8H13ClN2OS/c1-4-8(2,3)12-5-6-7(9)13-11-10-6/h4-5H2,1-3H3. The Morgan fingerprint density at radius 2 is 2.23 bits per heavy atom. The molecule has 3 nitrogen and oxygen atoms in total. The van der Waals surface area contributed by atoms with Crippen molar-refractivity contribution < 1.29 is 4.74 Å². The molecule has 0 atom stereocenters. The molecular weight excluding hydrogens is 208 g/mol. The highest BCUT2D eigenvalue weighted by Gasteiger charge is 2.17. The van der Waals surface area contributed by atoms with E-state index in [1.54, 1.807) is 0 Å². The van der Waals surface area contributed by atoms with Gasteiger partial charge in [0.2, 0.25) is 0 Å². The third kappa shape index (κ3) is 3.21. The third-order valence-corrected chi connectivity index (χ3v) is 2.94. The predicted octanol–water partition coefficient (Wildman–Crippen LogP) is 2.90. The monoisotopic (exact) mass is 220 g/mol. The molecule has 0 radical (unpaired) electrons. The van der Waals surface area contributed by atoms with Gasteiger partial charge in [-0.3, -0.25) is 0 Å². The molecule has 0 fully saturated rings. The minimum Gasteiger partial charge on any atom is -0.369 e. The molecule has 1 aromatic rings. The second-order valence-corrected chi connectivity index (χ2v) is 4.75. The molecule has 5 heteroatoms. The molecule has 74 valence electrons. The van der Waals surface area contributed by atoms with E-state index in [1.807, 2.05) is 13.8 Å². The first kappa shape index (κ1) is 10.9. The first-order valence-electron chi connectivity index (χ1n) is 4.16. The van der Waals surface area contributed by atoms with Gasteiger partial charge in [0.25, 0.3) is 0 Å². The van der Waals surface area contributed by atoms with Gasteiger partial charge < -0.3 is 4.74 Å². The Hall–Kier alpha value is -0.190. The second kappa shape index (κ2) is 4.35. The van der Waals surface area contributed by atoms with Gasteiger partial charge in [-0.1, -0.05) is 23.0 Å². The maximum atomic E-state index is 5.83. The first-order valence-corrected chi connectivity index (χ1v) is 5.31. The molecule has 0 amide bonds. The average Bonchev–Trinajstić information content (AvgIpc) is 2.48. The third-order valence-electron chi connectivity index (χ3n) is 1.96. The van der Waals surface area contributed by atoms with E-state index in [0.29, 0.717) is 10.9 Å². The molecule has 0 spiro atoms. The van der Waals surface area contributed by atoms with Crippen LogP contribution in [0.1, 0.15) is 32.9 Å². The second-order valence-electron chi connectivity index (χ2n) is 3.40. The Labute approximate surface area is 87.2 Å². The average molecular weight is 221 g/mol. The lowest BCUT2D eigenvalue weighted by atomic mass is 10.1. The Balaban J connectivity index is 2.48. The summed E-state index contributed by atoms with van der Waals surface area (Å²) in [6.45, 7) is 6.61. The number of rotatable bonds is 4. The lowest BCUT2D eigenvalue weighted by Gasteiger charge is -2.22. The lowest BCUT2D eigenvalue weighted by molar-refractivity contribution is -0.0329. The molecule has 0 N–H and O–H groups in total. The highest BCUT2D eigenvalue weighted by atomic mass is 35.5. The molecule has 1 rings (SSSR count). The van der Waals surface area contributed by atoms with E-state index in [4.69, 9.17) is 16.3 Å². The zero-order chi connectivity index (χ0) is 9.90. The number of hydrogen-bond acceptors (Lipinski definition) is 4. The zero-order valence-electron chi connectivity index (χ0n) is 8.00. The van der Waals surface area contributed by atoms with Crippen LogP contribution in [0.3, 0.4) is 0 Å². The largest absolute Gasteiger partial charge is 0.369 e. The van der Waals surface area contributed by atoms with Crippen molar-refractivity contribution in [2.24, 2.45) is 0 Å². The van der Waals surface area contributed by atoms with Crippen molar-refractivity contribution in [2.75, 3.05) is 0 Å². The van der Waals surface area contributed by atoms with Crippen molar-refractivity contribution in [3.8, 4) is 0 Å². The van der Waals surface area contributed by atoms with Crippen molar-refractivity contribution in [1.29, 1.82) is 0 Å². The Morgan fingerprint density at radius 3 is 2.69 bits per heavy atom. The van der Waals surface area contributed by atoms with Gasteiger partial charge in [-0.2, -0.15) is 0 Å². The van der Waals surface area contributed by atoms with E-state index in [0.717, 1.165) is 12.1 Å². The predicted molar refractivity (Wildman–Crippen MR) is 54.1 cm³/mol. The summed E-state index contributed by atoms with van der Waals surface area (Å²) in [7, 11) is 0. The van der Waals surface area contributed by atoms with Crippen LogP contribution in [0.4, 0.5) is 0 Å². The Bertz CT molecular complexity index is 275. The van der Waals surface area contributed by atoms with E-state index < -0.39 is 0 Å². The molecule has 0 aliphatic rings. The maximum absolute atomic E-state index is 5.83. The highest BCUT2D eigenvalue weighted by Crippen LogP contribution is 2.21. The normalized spacial score (nSPS) is 12.0. The van der Waals surface area contributed by atoms with Crippen molar-refractivity contribution in [1.82, 2.24) is 9.59 Å². The van der Waals surface area contributed by atoms with Crippen molar-refractivity contribution in [3.63, 3.8) is 0 Å². The van der Waals surface area contributed by atoms with Crippen LogP contribution in [0.5, 0.6) is 0 Å². The molecular formula is C8H13ClN2OS. The first-order chi connectivity index (χ1) is 6.05. The molecule has 0 saturated carbocycles. The van der Waals surface area contributed by atoms with Gasteiger partial charge in [-0.15, -0.1) is 5.10 Å². The minimum atomic E-state index is -0.118. The number of ether oxygens (including phenoxy) is 1. The summed E-state index contributed by atoms with van der Waals surface area (Å²) in [4.78, 5) is 0. The smallest absolute Gasteiger partial charge is 0.139 e. The molecule has 0 bridgehead atoms. The molecule has 1 aromatic heterocycles. The van der Waals surface area contributed by atoms with E-state index in [9.17, 15) is 0 Å². The van der Waals surface area contributed by atoms with Crippen LogP contribution in [-0.2, 0) is 11.3 Å². The van der Waals surface area contributed by atoms with Gasteiger partial charge in [0, 0.05) is 11.5 Å². The SMILES string of the molecule is CCC(C)(C)OCc1nnsc1Cl. The molecule has 0 aromatic carbocycles. The van der Waals surface area contributed by atoms with E-state index in [2.05, 4.69) is 16.5 Å². The van der Waals surface area contributed by atoms with Crippen LogP contribution in [0.25, 0.3) is 0 Å². The van der Waals surface area contributed by atoms with Crippen LogP contribution < -0.4 is 0 Å². The molecule has 0 unspecified atom stereocenters. The van der Waals surface area contributed by atoms with E-state index >= 15 is 0 Å². The van der Waals surface area contributed by atoms with Gasteiger partial charge in [-0.25, -0.2) is 0 Å². The molecule has 13 heavy (non-hydrogen) atoms. The van der Waals surface area contributed by atoms with Crippen molar-refractivity contribution in [3.05, 3.63) is 10.0 Å². The van der Waals surface area contributed by atoms with Crippen LogP contribution in [0, 0.1) is 0 Å². The summed E-state index contributed by atoms with van der Waals surface area (Å²) in [6.07, 6.45) is 0.961. The van der Waals surface area contributed by atoms with Crippen molar-refractivity contribution >= 4 is 23.1 Å². The summed E-state index contributed by atoms with van der Waals surface area (Å²) in [5, 5.41) is 3.86. The van der Waals surface area contributed by atoms with Crippen LogP contribution in [0.2, 0.25) is 4.34 Å². The Morgan fingerprint density at radius 1 is 1.54 bits per heavy atom.